The summed E-state index contributed by atoms with van der Waals surface area (Å²) in [7, 11) is 0. The van der Waals surface area contributed by atoms with E-state index in [9.17, 15) is 19.2 Å². The molecule has 0 aliphatic carbocycles. The second kappa shape index (κ2) is 13.5. The van der Waals surface area contributed by atoms with Gasteiger partial charge in [-0.3, -0.25) is 19.7 Å². The zero-order chi connectivity index (χ0) is 26.1. The number of aromatic nitrogens is 1. The molecule has 4 amide bonds. The Bertz CT molecular complexity index is 1080. The van der Waals surface area contributed by atoms with E-state index in [1.807, 2.05) is 32.0 Å². The Morgan fingerprint density at radius 2 is 1.89 bits per heavy atom. The van der Waals surface area contributed by atoms with Crippen LogP contribution in [0, 0.1) is 11.8 Å². The van der Waals surface area contributed by atoms with Crippen molar-refractivity contribution in [1.82, 2.24) is 20.5 Å². The van der Waals surface area contributed by atoms with E-state index < -0.39 is 23.9 Å². The molecule has 2 atom stereocenters. The van der Waals surface area contributed by atoms with Gasteiger partial charge >= 0.3 is 6.03 Å². The van der Waals surface area contributed by atoms with Crippen LogP contribution in [0.3, 0.4) is 0 Å². The molecular weight excluding hydrogens is 476 g/mol. The number of nitrogens with zero attached hydrogens (tertiary/aromatic N) is 1. The highest BCUT2D eigenvalue weighted by atomic mass is 32.2. The summed E-state index contributed by atoms with van der Waals surface area (Å²) in [5.41, 5.74) is 2.09. The maximum absolute atomic E-state index is 13.1. The molecule has 1 aromatic carbocycles. The second-order valence-electron chi connectivity index (χ2n) is 9.92. The summed E-state index contributed by atoms with van der Waals surface area (Å²) >= 11 is 1.08. The normalized spacial score (nSPS) is 17.9. The van der Waals surface area contributed by atoms with E-state index in [0.29, 0.717) is 25.1 Å². The maximum Gasteiger partial charge on any atom is 0.322 e. The van der Waals surface area contributed by atoms with Crippen molar-refractivity contribution in [3.63, 3.8) is 0 Å². The number of carbonyl (C=O) groups is 4. The van der Waals surface area contributed by atoms with Gasteiger partial charge in [-0.2, -0.15) is 0 Å². The third kappa shape index (κ3) is 8.11. The predicted molar refractivity (Wildman–Crippen MR) is 144 cm³/mol. The standard InChI is InChI=1S/C27H38N4O4S/c1-18(2)14-21(17-36-19(3)32)25(33)30-27(35)29-23-15-20-16-31(24-11-7-6-10-22(20)24)13-9-5-4-8-12-28-26(23)34/h6-7,10-11,16,18,21,23H,4-5,8-9,12-15,17H2,1-3H3,(H,28,34)(H2,29,30,33,35)/t21?,23-/m0/s1. The summed E-state index contributed by atoms with van der Waals surface area (Å²) in [6.45, 7) is 6.91. The molecule has 1 aliphatic heterocycles. The molecule has 9 heteroatoms. The molecule has 0 spiro atoms. The number of urea groups is 1. The summed E-state index contributed by atoms with van der Waals surface area (Å²) < 4.78 is 2.23. The molecule has 2 bridgehead atoms. The molecule has 0 radical (unpaired) electrons. The summed E-state index contributed by atoms with van der Waals surface area (Å²) in [6.07, 6.45) is 7.01. The van der Waals surface area contributed by atoms with Crippen LogP contribution in [0.4, 0.5) is 4.79 Å². The third-order valence-corrected chi connectivity index (χ3v) is 7.37. The summed E-state index contributed by atoms with van der Waals surface area (Å²) in [6, 6.07) is 6.57. The number of fused-ring (bicyclic) bond motifs is 5. The number of benzene rings is 1. The summed E-state index contributed by atoms with van der Waals surface area (Å²) in [4.78, 5) is 50.2. The van der Waals surface area contributed by atoms with E-state index in [1.54, 1.807) is 0 Å². The molecule has 8 nitrogen and oxygen atoms in total. The molecule has 1 unspecified atom stereocenters. The van der Waals surface area contributed by atoms with Gasteiger partial charge in [0.2, 0.25) is 11.8 Å². The lowest BCUT2D eigenvalue weighted by molar-refractivity contribution is -0.125. The highest BCUT2D eigenvalue weighted by Crippen LogP contribution is 2.24. The van der Waals surface area contributed by atoms with Crippen molar-refractivity contribution >= 4 is 45.6 Å². The minimum Gasteiger partial charge on any atom is -0.354 e. The number of hydrogen-bond acceptors (Lipinski definition) is 5. The van der Waals surface area contributed by atoms with E-state index in [1.165, 1.54) is 6.92 Å². The van der Waals surface area contributed by atoms with Gasteiger partial charge in [0, 0.05) is 55.2 Å². The minimum atomic E-state index is -0.826. The highest BCUT2D eigenvalue weighted by molar-refractivity contribution is 8.13. The SMILES string of the molecule is CC(=O)SCC(CC(C)C)C(=O)NC(=O)N[C@H]1Cc2cn(c3ccccc23)CCCCCCNC1=O. The average molecular weight is 515 g/mol. The van der Waals surface area contributed by atoms with Gasteiger partial charge in [0.25, 0.3) is 0 Å². The molecule has 3 rings (SSSR count). The van der Waals surface area contributed by atoms with E-state index in [-0.39, 0.29) is 16.9 Å². The van der Waals surface area contributed by atoms with Crippen molar-refractivity contribution in [1.29, 1.82) is 0 Å². The topological polar surface area (TPSA) is 109 Å². The fraction of sp³-hybridized carbons (Fsp3) is 0.556. The van der Waals surface area contributed by atoms with Crippen molar-refractivity contribution in [2.75, 3.05) is 12.3 Å². The molecule has 0 saturated carbocycles. The quantitative estimate of drug-likeness (QED) is 0.540. The molecule has 2 heterocycles. The van der Waals surface area contributed by atoms with Crippen molar-refractivity contribution < 1.29 is 19.2 Å². The van der Waals surface area contributed by atoms with Crippen LogP contribution in [-0.2, 0) is 27.3 Å². The number of aryl methyl sites for hydroxylation is 1. The molecule has 0 saturated heterocycles. The molecule has 36 heavy (non-hydrogen) atoms. The minimum absolute atomic E-state index is 0.0686. The molecular formula is C27H38N4O4S. The third-order valence-electron chi connectivity index (χ3n) is 6.39. The largest absolute Gasteiger partial charge is 0.354 e. The molecule has 2 aromatic rings. The van der Waals surface area contributed by atoms with E-state index in [0.717, 1.165) is 60.5 Å². The molecule has 196 valence electrons. The summed E-state index contributed by atoms with van der Waals surface area (Å²) in [5, 5.41) is 9.09. The van der Waals surface area contributed by atoms with Gasteiger partial charge in [-0.1, -0.05) is 56.7 Å². The number of carbonyl (C=O) groups excluding carboxylic acids is 4. The first-order valence-corrected chi connectivity index (χ1v) is 13.8. The molecule has 0 fully saturated rings. The number of imide groups is 1. The van der Waals surface area contributed by atoms with Crippen LogP contribution in [0.2, 0.25) is 0 Å². The Labute approximate surface area is 217 Å². The first kappa shape index (κ1) is 27.8. The number of amides is 4. The second-order valence-corrected chi connectivity index (χ2v) is 11.1. The van der Waals surface area contributed by atoms with Crippen LogP contribution in [0.25, 0.3) is 10.9 Å². The molecule has 1 aliphatic rings. The monoisotopic (exact) mass is 514 g/mol. The Kier molecular flexibility index (Phi) is 10.4. The van der Waals surface area contributed by atoms with Crippen molar-refractivity contribution in [2.24, 2.45) is 11.8 Å². The lowest BCUT2D eigenvalue weighted by atomic mass is 9.98. The first-order valence-electron chi connectivity index (χ1n) is 12.8. The van der Waals surface area contributed by atoms with E-state index in [2.05, 4.69) is 32.8 Å². The van der Waals surface area contributed by atoms with Gasteiger partial charge in [-0.05, 0) is 36.8 Å². The predicted octanol–water partition coefficient (Wildman–Crippen LogP) is 4.01. The molecule has 3 N–H and O–H groups in total. The van der Waals surface area contributed by atoms with Crippen molar-refractivity contribution in [2.45, 2.75) is 71.9 Å². The van der Waals surface area contributed by atoms with Crippen LogP contribution in [0.5, 0.6) is 0 Å². The Morgan fingerprint density at radius 1 is 1.14 bits per heavy atom. The van der Waals surface area contributed by atoms with Gasteiger partial charge in [-0.15, -0.1) is 0 Å². The number of hydrogen-bond donors (Lipinski definition) is 3. The Balaban J connectivity index is 1.76. The van der Waals surface area contributed by atoms with Crippen LogP contribution in [0.1, 0.15) is 58.4 Å². The lowest BCUT2D eigenvalue weighted by Crippen LogP contribution is -2.53. The highest BCUT2D eigenvalue weighted by Gasteiger charge is 2.27. The lowest BCUT2D eigenvalue weighted by Gasteiger charge is -2.21. The number of rotatable bonds is 6. The smallest absolute Gasteiger partial charge is 0.322 e. The van der Waals surface area contributed by atoms with Crippen molar-refractivity contribution in [3.05, 3.63) is 36.0 Å². The number of thioether (sulfide) groups is 1. The maximum atomic E-state index is 13.1. The Morgan fingerprint density at radius 3 is 2.64 bits per heavy atom. The van der Waals surface area contributed by atoms with Gasteiger partial charge in [0.05, 0.1) is 0 Å². The fourth-order valence-corrected chi connectivity index (χ4v) is 5.36. The average Bonchev–Trinajstić information content (AvgIpc) is 3.17. The van der Waals surface area contributed by atoms with E-state index in [4.69, 9.17) is 0 Å². The summed E-state index contributed by atoms with van der Waals surface area (Å²) in [5.74, 6) is -0.627. The van der Waals surface area contributed by atoms with Gasteiger partial charge in [0.15, 0.2) is 5.12 Å². The molecule has 1 aromatic heterocycles. The van der Waals surface area contributed by atoms with Gasteiger partial charge in [0.1, 0.15) is 6.04 Å². The van der Waals surface area contributed by atoms with Crippen LogP contribution < -0.4 is 16.0 Å². The first-order chi connectivity index (χ1) is 17.2. The van der Waals surface area contributed by atoms with Crippen molar-refractivity contribution in [3.8, 4) is 0 Å². The van der Waals surface area contributed by atoms with Gasteiger partial charge in [-0.25, -0.2) is 4.79 Å². The number of nitrogens with one attached hydrogen (secondary N) is 3. The van der Waals surface area contributed by atoms with Gasteiger partial charge < -0.3 is 15.2 Å². The van der Waals surface area contributed by atoms with E-state index >= 15 is 0 Å². The number of para-hydroxylation sites is 1. The van der Waals surface area contributed by atoms with Crippen LogP contribution >= 0.6 is 11.8 Å². The van der Waals surface area contributed by atoms with Crippen LogP contribution in [0.15, 0.2) is 30.5 Å². The Hall–Kier alpha value is -2.81. The van der Waals surface area contributed by atoms with Crippen LogP contribution in [-0.4, -0.2) is 45.9 Å². The fourth-order valence-electron chi connectivity index (χ4n) is 4.64. The zero-order valence-corrected chi connectivity index (χ0v) is 22.3. The zero-order valence-electron chi connectivity index (χ0n) is 21.5.